The first-order valence-electron chi connectivity index (χ1n) is 7.39. The van der Waals surface area contributed by atoms with Crippen molar-refractivity contribution >= 4 is 18.8 Å². The minimum Gasteiger partial charge on any atom is -0.332 e. The third-order valence-electron chi connectivity index (χ3n) is 4.18. The van der Waals surface area contributed by atoms with Gasteiger partial charge >= 0.3 is 0 Å². The lowest BCUT2D eigenvalue weighted by atomic mass is 10.1. The van der Waals surface area contributed by atoms with Gasteiger partial charge in [0.2, 0.25) is 0 Å². The van der Waals surface area contributed by atoms with Crippen molar-refractivity contribution in [2.24, 2.45) is 10.8 Å². The maximum Gasteiger partial charge on any atom is 0.263 e. The molecule has 0 amide bonds. The molecule has 0 aliphatic carbocycles. The van der Waals surface area contributed by atoms with E-state index in [0.29, 0.717) is 0 Å². The fourth-order valence-electron chi connectivity index (χ4n) is 3.79. The van der Waals surface area contributed by atoms with Crippen LogP contribution in [-0.4, -0.2) is 8.40 Å². The van der Waals surface area contributed by atoms with Crippen LogP contribution >= 0.6 is 0 Å². The zero-order chi connectivity index (χ0) is 15.9. The predicted molar refractivity (Wildman–Crippen MR) is 94.7 cm³/mol. The Morgan fingerprint density at radius 3 is 1.05 bits per heavy atom. The molecule has 0 atom stereocenters. The van der Waals surface area contributed by atoms with Crippen molar-refractivity contribution in [3.8, 4) is 0 Å². The molecule has 112 valence electrons. The SMILES string of the molecule is Cc1cc(C)c([Si](N)(N)c2c(C)cc(C)cc2C)c(C)c1. The summed E-state index contributed by atoms with van der Waals surface area (Å²) in [7, 11) is -2.68. The van der Waals surface area contributed by atoms with Crippen LogP contribution in [0.1, 0.15) is 33.4 Å². The summed E-state index contributed by atoms with van der Waals surface area (Å²) >= 11 is 0. The molecule has 2 nitrogen and oxygen atoms in total. The topological polar surface area (TPSA) is 52.0 Å². The van der Waals surface area contributed by atoms with Gasteiger partial charge in [0.05, 0.1) is 0 Å². The van der Waals surface area contributed by atoms with Crippen LogP contribution in [0.4, 0.5) is 0 Å². The van der Waals surface area contributed by atoms with Crippen LogP contribution in [0.5, 0.6) is 0 Å². The van der Waals surface area contributed by atoms with Gasteiger partial charge in [-0.3, -0.25) is 0 Å². The minimum atomic E-state index is -2.68. The zero-order valence-electron chi connectivity index (χ0n) is 14.0. The summed E-state index contributed by atoms with van der Waals surface area (Å²) in [6, 6.07) is 8.73. The molecule has 0 saturated carbocycles. The lowest BCUT2D eigenvalue weighted by Crippen LogP contribution is -2.76. The van der Waals surface area contributed by atoms with E-state index in [1.165, 1.54) is 43.8 Å². The van der Waals surface area contributed by atoms with Gasteiger partial charge in [0, 0.05) is 0 Å². The summed E-state index contributed by atoms with van der Waals surface area (Å²) in [5, 5.41) is 15.9. The average molecular weight is 299 g/mol. The Hall–Kier alpha value is -1.42. The largest absolute Gasteiger partial charge is 0.332 e. The third kappa shape index (κ3) is 2.82. The number of benzene rings is 2. The molecule has 0 fully saturated rings. The van der Waals surface area contributed by atoms with Crippen LogP contribution in [-0.2, 0) is 0 Å². The highest BCUT2D eigenvalue weighted by Gasteiger charge is 2.35. The van der Waals surface area contributed by atoms with Crippen LogP contribution in [0.15, 0.2) is 24.3 Å². The van der Waals surface area contributed by atoms with E-state index < -0.39 is 8.40 Å². The standard InChI is InChI=1S/C18H26N2Si/c1-11-7-13(3)17(14(4)8-11)21(19,20)18-15(5)9-12(2)10-16(18)6/h7-10H,19-20H2,1-6H3. The summed E-state index contributed by atoms with van der Waals surface area (Å²) in [4.78, 5) is 0. The molecule has 4 N–H and O–H groups in total. The van der Waals surface area contributed by atoms with E-state index in [1.54, 1.807) is 0 Å². The molecule has 0 spiro atoms. The number of hydrogen-bond donors (Lipinski definition) is 2. The van der Waals surface area contributed by atoms with Crippen molar-refractivity contribution in [1.82, 2.24) is 0 Å². The highest BCUT2D eigenvalue weighted by atomic mass is 28.3. The van der Waals surface area contributed by atoms with E-state index in [9.17, 15) is 0 Å². The molecule has 2 aromatic carbocycles. The quantitative estimate of drug-likeness (QED) is 0.833. The van der Waals surface area contributed by atoms with E-state index >= 15 is 0 Å². The lowest BCUT2D eigenvalue weighted by Gasteiger charge is -2.29. The van der Waals surface area contributed by atoms with Gasteiger partial charge in [-0.15, -0.1) is 0 Å². The van der Waals surface area contributed by atoms with Crippen molar-refractivity contribution in [3.05, 3.63) is 57.6 Å². The highest BCUT2D eigenvalue weighted by Crippen LogP contribution is 2.13. The first-order chi connectivity index (χ1) is 9.64. The summed E-state index contributed by atoms with van der Waals surface area (Å²) < 4.78 is 0. The number of aryl methyl sites for hydroxylation is 6. The van der Waals surface area contributed by atoms with Crippen LogP contribution in [0, 0.1) is 41.5 Å². The Balaban J connectivity index is 2.74. The smallest absolute Gasteiger partial charge is 0.263 e. The van der Waals surface area contributed by atoms with E-state index in [-0.39, 0.29) is 0 Å². The maximum absolute atomic E-state index is 6.78. The molecule has 21 heavy (non-hydrogen) atoms. The lowest BCUT2D eigenvalue weighted by molar-refractivity contribution is 1.31. The number of rotatable bonds is 2. The molecule has 0 heterocycles. The van der Waals surface area contributed by atoms with Crippen molar-refractivity contribution < 1.29 is 0 Å². The summed E-state index contributed by atoms with van der Waals surface area (Å²) in [5.41, 5.74) is 7.37. The average Bonchev–Trinajstić information content (AvgIpc) is 2.23. The van der Waals surface area contributed by atoms with Crippen LogP contribution in [0.25, 0.3) is 0 Å². The van der Waals surface area contributed by atoms with E-state index in [1.807, 2.05) is 0 Å². The highest BCUT2D eigenvalue weighted by molar-refractivity contribution is 6.98. The van der Waals surface area contributed by atoms with Crippen molar-refractivity contribution in [2.75, 3.05) is 0 Å². The molecule has 0 radical (unpaired) electrons. The predicted octanol–water partition coefficient (Wildman–Crippen LogP) is 2.01. The molecule has 0 aromatic heterocycles. The molecule has 3 heteroatoms. The van der Waals surface area contributed by atoms with Crippen molar-refractivity contribution in [1.29, 1.82) is 0 Å². The van der Waals surface area contributed by atoms with Gasteiger partial charge in [-0.05, 0) is 74.2 Å². The second-order valence-electron chi connectivity index (χ2n) is 6.42. The second-order valence-corrected chi connectivity index (χ2v) is 9.15. The van der Waals surface area contributed by atoms with Crippen molar-refractivity contribution in [3.63, 3.8) is 0 Å². The number of nitrogens with two attached hydrogens (primary N) is 2. The summed E-state index contributed by atoms with van der Waals surface area (Å²) in [6.07, 6.45) is 0. The molecule has 2 aromatic rings. The van der Waals surface area contributed by atoms with Gasteiger partial charge < -0.3 is 10.8 Å². The molecule has 0 saturated heterocycles. The van der Waals surface area contributed by atoms with Crippen molar-refractivity contribution in [2.45, 2.75) is 41.5 Å². The van der Waals surface area contributed by atoms with Gasteiger partial charge in [0.25, 0.3) is 8.40 Å². The summed E-state index contributed by atoms with van der Waals surface area (Å²) in [6.45, 7) is 12.7. The fraction of sp³-hybridized carbons (Fsp3) is 0.333. The van der Waals surface area contributed by atoms with Gasteiger partial charge in [-0.2, -0.15) is 0 Å². The van der Waals surface area contributed by atoms with Gasteiger partial charge in [-0.1, -0.05) is 35.4 Å². The Labute approximate surface area is 129 Å². The van der Waals surface area contributed by atoms with E-state index in [0.717, 1.165) is 0 Å². The summed E-state index contributed by atoms with van der Waals surface area (Å²) in [5.74, 6) is 0. The molecule has 2 rings (SSSR count). The van der Waals surface area contributed by atoms with E-state index in [4.69, 9.17) is 10.8 Å². The molecule has 0 aliphatic heterocycles. The molecular weight excluding hydrogens is 272 g/mol. The minimum absolute atomic E-state index is 1.17. The fourth-order valence-corrected chi connectivity index (χ4v) is 6.94. The molecular formula is C18H26N2Si. The zero-order valence-corrected chi connectivity index (χ0v) is 15.0. The van der Waals surface area contributed by atoms with Gasteiger partial charge in [0.15, 0.2) is 0 Å². The van der Waals surface area contributed by atoms with Gasteiger partial charge in [0.1, 0.15) is 0 Å². The molecule has 0 bridgehead atoms. The maximum atomic E-state index is 6.78. The second kappa shape index (κ2) is 5.41. The first kappa shape index (κ1) is 16.0. The van der Waals surface area contributed by atoms with Crippen LogP contribution in [0.3, 0.4) is 0 Å². The Morgan fingerprint density at radius 1 is 0.571 bits per heavy atom. The Bertz CT molecular complexity index is 597. The Morgan fingerprint density at radius 2 is 0.810 bits per heavy atom. The Kier molecular flexibility index (Phi) is 4.11. The van der Waals surface area contributed by atoms with Crippen LogP contribution < -0.4 is 21.2 Å². The van der Waals surface area contributed by atoms with E-state index in [2.05, 4.69) is 65.8 Å². The third-order valence-corrected chi connectivity index (χ3v) is 7.41. The molecule has 0 unspecified atom stereocenters. The van der Waals surface area contributed by atoms with Gasteiger partial charge in [-0.25, -0.2) is 0 Å². The first-order valence-corrected chi connectivity index (χ1v) is 9.54. The normalized spacial score (nSPS) is 11.8. The molecule has 0 aliphatic rings. The monoisotopic (exact) mass is 298 g/mol. The number of hydrogen-bond acceptors (Lipinski definition) is 2. The van der Waals surface area contributed by atoms with Crippen LogP contribution in [0.2, 0.25) is 0 Å².